The number of hydrogen-bond acceptors (Lipinski definition) is 4. The van der Waals surface area contributed by atoms with E-state index in [2.05, 4.69) is 19.6 Å². The number of alkyl halides is 6. The van der Waals surface area contributed by atoms with E-state index in [-0.39, 0.29) is 0 Å². The minimum atomic E-state index is -6.72. The van der Waals surface area contributed by atoms with Crippen LogP contribution in [0.15, 0.2) is 0 Å². The van der Waals surface area contributed by atoms with Crippen LogP contribution in [0.4, 0.5) is 26.3 Å². The van der Waals surface area contributed by atoms with Crippen LogP contribution in [0.25, 0.3) is 4.13 Å². The molecule has 19 heavy (non-hydrogen) atoms. The van der Waals surface area contributed by atoms with E-state index in [1.54, 1.807) is 0 Å². The van der Waals surface area contributed by atoms with Gasteiger partial charge in [-0.25, -0.2) is 16.8 Å². The summed E-state index contributed by atoms with van der Waals surface area (Å²) in [6, 6.07) is 0.583. The third kappa shape index (κ3) is 7.54. The van der Waals surface area contributed by atoms with E-state index in [0.717, 1.165) is 4.13 Å². The van der Waals surface area contributed by atoms with Crippen LogP contribution in [0.3, 0.4) is 0 Å². The lowest BCUT2D eigenvalue weighted by molar-refractivity contribution is -0.407. The fourth-order valence-corrected chi connectivity index (χ4v) is 1.92. The summed E-state index contributed by atoms with van der Waals surface area (Å²) in [5.74, 6) is 0. The molecule has 0 rings (SSSR count). The summed E-state index contributed by atoms with van der Waals surface area (Å²) in [7, 11) is -13.4. The van der Waals surface area contributed by atoms with Gasteiger partial charge in [0, 0.05) is 0 Å². The highest BCUT2D eigenvalue weighted by Crippen LogP contribution is 2.36. The lowest BCUT2D eigenvalue weighted by atomic mass is 10.5. The van der Waals surface area contributed by atoms with Gasteiger partial charge >= 0.3 is 11.0 Å². The molecule has 3 N–H and O–H groups in total. The van der Waals surface area contributed by atoms with Crippen LogP contribution in [0.2, 0.25) is 0 Å². The van der Waals surface area contributed by atoms with Gasteiger partial charge < -0.3 is 9.86 Å². The Hall–Kier alpha value is -0.600. The van der Waals surface area contributed by atoms with Crippen LogP contribution in [-0.4, -0.2) is 33.9 Å². The van der Waals surface area contributed by atoms with E-state index >= 15 is 0 Å². The van der Waals surface area contributed by atoms with Gasteiger partial charge in [0.25, 0.3) is 0 Å². The lowest BCUT2D eigenvalue weighted by Crippen LogP contribution is -2.57. The van der Waals surface area contributed by atoms with E-state index in [9.17, 15) is 43.2 Å². The molecular weight excluding hydrogens is 330 g/mol. The highest BCUT2D eigenvalue weighted by molar-refractivity contribution is 8.13. The van der Waals surface area contributed by atoms with Crippen LogP contribution in [-0.2, 0) is 20.0 Å². The van der Waals surface area contributed by atoms with E-state index in [4.69, 9.17) is 0 Å². The zero-order valence-corrected chi connectivity index (χ0v) is 11.1. The smallest absolute Gasteiger partial charge is 0.421 e. The van der Waals surface area contributed by atoms with Crippen molar-refractivity contribution < 1.29 is 48.9 Å². The molecule has 0 aliphatic rings. The molecule has 14 heteroatoms. The minimum Gasteiger partial charge on any atom is -0.421 e. The predicted octanol–water partition coefficient (Wildman–Crippen LogP) is 0.696. The Bertz CT molecular complexity index is 432. The van der Waals surface area contributed by atoms with Crippen LogP contribution in [0.1, 0.15) is 13.8 Å². The molecule has 0 radical (unpaired) electrons. The van der Waals surface area contributed by atoms with Crippen LogP contribution >= 0.6 is 0 Å². The molecule has 118 valence electrons. The van der Waals surface area contributed by atoms with E-state index in [1.807, 2.05) is 0 Å². The molecule has 0 saturated heterocycles. The molecule has 0 aliphatic carbocycles. The maximum absolute atomic E-state index is 11.4. The van der Waals surface area contributed by atoms with Gasteiger partial charge in [0.05, 0.1) is 6.04 Å². The molecule has 0 amide bonds. The van der Waals surface area contributed by atoms with Crippen molar-refractivity contribution in [3.8, 4) is 0 Å². The molecule has 0 fully saturated rings. The molecule has 0 aromatic carbocycles. The van der Waals surface area contributed by atoms with Gasteiger partial charge in [-0.2, -0.15) is 26.3 Å². The highest BCUT2D eigenvalue weighted by atomic mass is 32.3. The molecule has 0 bridgehead atoms. The second kappa shape index (κ2) is 6.23. The molecule has 0 atom stereocenters. The Labute approximate surface area is 105 Å². The van der Waals surface area contributed by atoms with Crippen LogP contribution in [0, 0.1) is 0 Å². The number of quaternary nitrogens is 1. The van der Waals surface area contributed by atoms with Crippen molar-refractivity contribution in [1.29, 1.82) is 0 Å². The lowest BCUT2D eigenvalue weighted by Gasteiger charge is -2.22. The number of rotatable bonds is 2. The average Bonchev–Trinajstić information content (AvgIpc) is 1.94. The maximum atomic E-state index is 11.4. The van der Waals surface area contributed by atoms with Crippen molar-refractivity contribution in [1.82, 2.24) is 0 Å². The first-order chi connectivity index (χ1) is 7.94. The normalized spacial score (nSPS) is 14.0. The van der Waals surface area contributed by atoms with Crippen molar-refractivity contribution in [3.63, 3.8) is 0 Å². The molecule has 0 heterocycles. The molecule has 0 unspecified atom stereocenters. The summed E-state index contributed by atoms with van der Waals surface area (Å²) in [6.45, 7) is 4.11. The van der Waals surface area contributed by atoms with E-state index in [1.165, 1.54) is 0 Å². The SMILES string of the molecule is CC(C)[NH3+].O=S(=O)([N-]S(=O)(=O)C(F)(F)F)C(F)(F)F. The van der Waals surface area contributed by atoms with Gasteiger partial charge in [-0.3, -0.25) is 0 Å². The maximum Gasteiger partial charge on any atom is 0.480 e. The second-order valence-corrected chi connectivity index (χ2v) is 6.73. The summed E-state index contributed by atoms with van der Waals surface area (Å²) in [5.41, 5.74) is -8.77. The van der Waals surface area contributed by atoms with Crippen LogP contribution < -0.4 is 5.73 Å². The van der Waals surface area contributed by atoms with E-state index in [0.29, 0.717) is 6.04 Å². The first kappa shape index (κ1) is 20.7. The molecule has 0 aromatic rings. The molecule has 6 nitrogen and oxygen atoms in total. The number of nitrogens with zero attached hydrogens (tertiary/aromatic N) is 1. The van der Waals surface area contributed by atoms with Crippen molar-refractivity contribution in [2.75, 3.05) is 0 Å². The van der Waals surface area contributed by atoms with Crippen molar-refractivity contribution in [2.45, 2.75) is 30.9 Å². The van der Waals surface area contributed by atoms with Gasteiger partial charge in [-0.05, 0) is 13.8 Å². The third-order valence-electron chi connectivity index (χ3n) is 0.781. The second-order valence-electron chi connectivity index (χ2n) is 3.31. The summed E-state index contributed by atoms with van der Waals surface area (Å²) in [4.78, 5) is 0. The summed E-state index contributed by atoms with van der Waals surface area (Å²) < 4.78 is 109. The van der Waals surface area contributed by atoms with Crippen molar-refractivity contribution in [2.24, 2.45) is 0 Å². The first-order valence-electron chi connectivity index (χ1n) is 4.14. The summed E-state index contributed by atoms with van der Waals surface area (Å²) >= 11 is 0. The molecule has 0 spiro atoms. The standard InChI is InChI=1S/C3H9N.C2F6NO4S2/c1-3(2)4;3-1(4,5)14(10,11)9-15(12,13)2(6,7)8/h3H,4H2,1-2H3;/q;-1/p+1. The summed E-state index contributed by atoms with van der Waals surface area (Å²) in [6.07, 6.45) is 0. The Morgan fingerprint density at radius 2 is 1.00 bits per heavy atom. The van der Waals surface area contributed by atoms with E-state index < -0.39 is 31.1 Å². The van der Waals surface area contributed by atoms with Crippen molar-refractivity contribution >= 4 is 20.0 Å². The molecule has 0 aliphatic heterocycles. The van der Waals surface area contributed by atoms with Gasteiger partial charge in [0.2, 0.25) is 0 Å². The largest absolute Gasteiger partial charge is 0.480 e. The zero-order chi connectivity index (χ0) is 16.3. The number of sulfonamides is 2. The van der Waals surface area contributed by atoms with Gasteiger partial charge in [0.1, 0.15) is 0 Å². The van der Waals surface area contributed by atoms with Gasteiger partial charge in [-0.15, -0.1) is 0 Å². The fourth-order valence-electron chi connectivity index (χ4n) is 0.214. The minimum absolute atomic E-state index is 0.583. The van der Waals surface area contributed by atoms with Crippen molar-refractivity contribution in [3.05, 3.63) is 4.13 Å². The van der Waals surface area contributed by atoms with Crippen LogP contribution in [0.5, 0.6) is 0 Å². The molecular formula is C5H10F6N2O4S2. The Morgan fingerprint density at radius 1 is 0.842 bits per heavy atom. The van der Waals surface area contributed by atoms with Gasteiger partial charge in [-0.1, -0.05) is 0 Å². The monoisotopic (exact) mass is 340 g/mol. The number of hydrogen-bond donors (Lipinski definition) is 1. The highest BCUT2D eigenvalue weighted by Gasteiger charge is 2.46. The topological polar surface area (TPSA) is 110 Å². The Kier molecular flexibility index (Phi) is 6.80. The Balaban J connectivity index is 0. The third-order valence-corrected chi connectivity index (χ3v) is 3.52. The Morgan fingerprint density at radius 3 is 1.11 bits per heavy atom. The average molecular weight is 340 g/mol. The predicted molar refractivity (Wildman–Crippen MR) is 51.3 cm³/mol. The first-order valence-corrected chi connectivity index (χ1v) is 7.02. The summed E-state index contributed by atoms with van der Waals surface area (Å²) in [5, 5.41) is 0. The fraction of sp³-hybridized carbons (Fsp3) is 1.00. The molecule has 0 aromatic heterocycles. The quantitative estimate of drug-likeness (QED) is 0.746. The zero-order valence-electron chi connectivity index (χ0n) is 9.45. The number of halogens is 6. The molecule has 0 saturated carbocycles. The van der Waals surface area contributed by atoms with Gasteiger partial charge in [0.15, 0.2) is 20.0 Å².